The molecule has 1 saturated heterocycles. The lowest BCUT2D eigenvalue weighted by molar-refractivity contribution is 0.114. The Labute approximate surface area is 104 Å². The Morgan fingerprint density at radius 1 is 1.41 bits per heavy atom. The van der Waals surface area contributed by atoms with E-state index in [9.17, 15) is 8.42 Å². The van der Waals surface area contributed by atoms with Crippen molar-refractivity contribution in [2.75, 3.05) is 25.4 Å². The summed E-state index contributed by atoms with van der Waals surface area (Å²) in [6.07, 6.45) is 2.69. The van der Waals surface area contributed by atoms with Crippen LogP contribution < -0.4 is 10.0 Å². The van der Waals surface area contributed by atoms with Gasteiger partial charge in [0.25, 0.3) is 0 Å². The van der Waals surface area contributed by atoms with Crippen LogP contribution in [0, 0.1) is 0 Å². The van der Waals surface area contributed by atoms with Gasteiger partial charge in [0, 0.05) is 19.2 Å². The van der Waals surface area contributed by atoms with E-state index in [1.807, 2.05) is 13.8 Å². The number of ether oxygens (including phenoxy) is 1. The normalized spacial score (nSPS) is 21.2. The maximum Gasteiger partial charge on any atom is 0.211 e. The molecule has 0 aromatic carbocycles. The van der Waals surface area contributed by atoms with Crippen molar-refractivity contribution in [1.82, 2.24) is 10.0 Å². The fraction of sp³-hybridized carbons (Fsp3) is 1.00. The van der Waals surface area contributed by atoms with Gasteiger partial charge in [-0.3, -0.25) is 0 Å². The minimum absolute atomic E-state index is 0.0681. The summed E-state index contributed by atoms with van der Waals surface area (Å²) < 4.78 is 31.2. The van der Waals surface area contributed by atoms with Crippen molar-refractivity contribution in [3.8, 4) is 0 Å². The summed E-state index contributed by atoms with van der Waals surface area (Å²) in [5.41, 5.74) is 0. The molecule has 0 spiro atoms. The van der Waals surface area contributed by atoms with E-state index in [0.29, 0.717) is 19.0 Å². The molecule has 1 heterocycles. The molecule has 1 fully saturated rings. The number of hydrogen-bond donors (Lipinski definition) is 2. The summed E-state index contributed by atoms with van der Waals surface area (Å²) in [7, 11) is -3.14. The second-order valence-corrected chi connectivity index (χ2v) is 6.69. The van der Waals surface area contributed by atoms with Gasteiger partial charge in [-0.2, -0.15) is 0 Å². The molecule has 1 atom stereocenters. The van der Waals surface area contributed by atoms with Gasteiger partial charge in [-0.1, -0.05) is 13.8 Å². The van der Waals surface area contributed by atoms with Gasteiger partial charge in [-0.25, -0.2) is 13.1 Å². The predicted octanol–water partition coefficient (Wildman–Crippen LogP) is 0.473. The van der Waals surface area contributed by atoms with E-state index < -0.39 is 10.0 Å². The van der Waals surface area contributed by atoms with Crippen molar-refractivity contribution in [2.45, 2.75) is 45.3 Å². The van der Waals surface area contributed by atoms with Gasteiger partial charge >= 0.3 is 0 Å². The van der Waals surface area contributed by atoms with Gasteiger partial charge in [0.15, 0.2) is 0 Å². The van der Waals surface area contributed by atoms with E-state index in [1.165, 1.54) is 0 Å². The monoisotopic (exact) mass is 264 g/mol. The minimum atomic E-state index is -3.14. The predicted molar refractivity (Wildman–Crippen MR) is 68.5 cm³/mol. The van der Waals surface area contributed by atoms with Gasteiger partial charge in [-0.05, 0) is 25.8 Å². The van der Waals surface area contributed by atoms with Crippen molar-refractivity contribution < 1.29 is 13.2 Å². The van der Waals surface area contributed by atoms with E-state index in [-0.39, 0.29) is 11.9 Å². The first-order chi connectivity index (χ1) is 7.99. The Balaban J connectivity index is 2.12. The lowest BCUT2D eigenvalue weighted by Gasteiger charge is -2.12. The van der Waals surface area contributed by atoms with Gasteiger partial charge in [0.1, 0.15) is 0 Å². The molecule has 0 aromatic heterocycles. The van der Waals surface area contributed by atoms with Crippen LogP contribution >= 0.6 is 0 Å². The van der Waals surface area contributed by atoms with E-state index in [0.717, 1.165) is 26.0 Å². The Morgan fingerprint density at radius 2 is 2.18 bits per heavy atom. The molecular formula is C11H24N2O3S. The first-order valence-corrected chi connectivity index (χ1v) is 7.97. The first-order valence-electron chi connectivity index (χ1n) is 6.32. The zero-order chi connectivity index (χ0) is 12.7. The summed E-state index contributed by atoms with van der Waals surface area (Å²) in [5.74, 6) is 0.180. The Kier molecular flexibility index (Phi) is 6.40. The maximum absolute atomic E-state index is 11.6. The molecule has 0 bridgehead atoms. The highest BCUT2D eigenvalue weighted by Crippen LogP contribution is 2.10. The highest BCUT2D eigenvalue weighted by Gasteiger charge is 2.18. The molecular weight excluding hydrogens is 240 g/mol. The second kappa shape index (κ2) is 7.31. The molecule has 2 N–H and O–H groups in total. The molecule has 0 aliphatic carbocycles. The summed E-state index contributed by atoms with van der Waals surface area (Å²) in [6.45, 7) is 6.00. The lowest BCUT2D eigenvalue weighted by atomic mass is 10.2. The summed E-state index contributed by atoms with van der Waals surface area (Å²) in [5, 5.41) is 3.20. The summed E-state index contributed by atoms with van der Waals surface area (Å²) in [6, 6.07) is 0.401. The van der Waals surface area contributed by atoms with Gasteiger partial charge in [0.2, 0.25) is 10.0 Å². The number of rotatable bonds is 8. The molecule has 0 radical (unpaired) electrons. The van der Waals surface area contributed by atoms with Crippen LogP contribution in [0.2, 0.25) is 0 Å². The van der Waals surface area contributed by atoms with E-state index in [2.05, 4.69) is 10.0 Å². The van der Waals surface area contributed by atoms with Crippen LogP contribution in [0.5, 0.6) is 0 Å². The molecule has 1 unspecified atom stereocenters. The zero-order valence-corrected chi connectivity index (χ0v) is 11.6. The third-order valence-electron chi connectivity index (χ3n) is 2.70. The average molecular weight is 264 g/mol. The molecule has 1 rings (SSSR count). The molecule has 6 heteroatoms. The molecule has 0 aromatic rings. The molecule has 1 aliphatic heterocycles. The van der Waals surface area contributed by atoms with Gasteiger partial charge in [-0.15, -0.1) is 0 Å². The Morgan fingerprint density at radius 3 is 2.76 bits per heavy atom. The van der Waals surface area contributed by atoms with Crippen LogP contribution in [0.1, 0.15) is 33.1 Å². The van der Waals surface area contributed by atoms with Crippen LogP contribution in [-0.2, 0) is 14.8 Å². The number of hydrogen-bond acceptors (Lipinski definition) is 4. The molecule has 0 amide bonds. The highest BCUT2D eigenvalue weighted by molar-refractivity contribution is 7.89. The van der Waals surface area contributed by atoms with Crippen molar-refractivity contribution in [3.05, 3.63) is 0 Å². The van der Waals surface area contributed by atoms with E-state index >= 15 is 0 Å². The number of sulfonamides is 1. The molecule has 1 aliphatic rings. The third kappa shape index (κ3) is 6.98. The van der Waals surface area contributed by atoms with E-state index in [4.69, 9.17) is 4.74 Å². The van der Waals surface area contributed by atoms with Crippen molar-refractivity contribution in [3.63, 3.8) is 0 Å². The van der Waals surface area contributed by atoms with Crippen molar-refractivity contribution >= 4 is 10.0 Å². The maximum atomic E-state index is 11.6. The minimum Gasteiger partial charge on any atom is -0.377 e. The van der Waals surface area contributed by atoms with Crippen LogP contribution in [0.25, 0.3) is 0 Å². The Hall–Kier alpha value is -0.170. The second-order valence-electron chi connectivity index (χ2n) is 4.76. The molecule has 17 heavy (non-hydrogen) atoms. The summed E-state index contributed by atoms with van der Waals surface area (Å²) >= 11 is 0. The molecule has 5 nitrogen and oxygen atoms in total. The highest BCUT2D eigenvalue weighted by atomic mass is 32.2. The van der Waals surface area contributed by atoms with Crippen LogP contribution in [0.4, 0.5) is 0 Å². The van der Waals surface area contributed by atoms with Gasteiger partial charge in [0.05, 0.1) is 11.9 Å². The number of nitrogens with one attached hydrogen (secondary N) is 2. The standard InChI is InChI=1S/C11H24N2O3S/c1-10(2)12-6-4-8-17(14,15)13-9-11-5-3-7-16-11/h10-13H,3-9H2,1-2H3. The SMILES string of the molecule is CC(C)NCCCS(=O)(=O)NCC1CCCO1. The van der Waals surface area contributed by atoms with Crippen molar-refractivity contribution in [1.29, 1.82) is 0 Å². The Bertz CT molecular complexity index is 298. The van der Waals surface area contributed by atoms with Crippen LogP contribution in [-0.4, -0.2) is 46.0 Å². The van der Waals surface area contributed by atoms with E-state index in [1.54, 1.807) is 0 Å². The van der Waals surface area contributed by atoms with Crippen molar-refractivity contribution in [2.24, 2.45) is 0 Å². The fourth-order valence-electron chi connectivity index (χ4n) is 1.75. The lowest BCUT2D eigenvalue weighted by Crippen LogP contribution is -2.34. The third-order valence-corrected chi connectivity index (χ3v) is 4.13. The van der Waals surface area contributed by atoms with Crippen LogP contribution in [0.3, 0.4) is 0 Å². The zero-order valence-electron chi connectivity index (χ0n) is 10.7. The molecule has 102 valence electrons. The average Bonchev–Trinajstić information content (AvgIpc) is 2.74. The largest absolute Gasteiger partial charge is 0.377 e. The smallest absolute Gasteiger partial charge is 0.211 e. The quantitative estimate of drug-likeness (QED) is 0.626. The molecule has 0 saturated carbocycles. The topological polar surface area (TPSA) is 67.4 Å². The van der Waals surface area contributed by atoms with Gasteiger partial charge < -0.3 is 10.1 Å². The fourth-order valence-corrected chi connectivity index (χ4v) is 2.86. The first kappa shape index (κ1) is 14.9. The summed E-state index contributed by atoms with van der Waals surface area (Å²) in [4.78, 5) is 0. The van der Waals surface area contributed by atoms with Crippen LogP contribution in [0.15, 0.2) is 0 Å².